The molecule has 0 unspecified atom stereocenters. The fourth-order valence-corrected chi connectivity index (χ4v) is 13.1. The molecular weight excluding hydrogens is 802 g/mol. The summed E-state index contributed by atoms with van der Waals surface area (Å²) >= 11 is 3.77. The average molecular weight is 843 g/mol. The van der Waals surface area contributed by atoms with E-state index < -0.39 is 0 Å². The van der Waals surface area contributed by atoms with Crippen LogP contribution in [0.4, 0.5) is 44.1 Å². The van der Waals surface area contributed by atoms with Gasteiger partial charge >= 0.3 is 14.0 Å². The van der Waals surface area contributed by atoms with Gasteiger partial charge in [0.1, 0.15) is 10.0 Å². The summed E-state index contributed by atoms with van der Waals surface area (Å²) in [7, 11) is 0. The molecule has 0 spiro atoms. The molecule has 4 heterocycles. The summed E-state index contributed by atoms with van der Waals surface area (Å²) in [4.78, 5) is 10.3. The fraction of sp³-hybridized carbons (Fsp3) is 0.0545. The fourth-order valence-electron chi connectivity index (χ4n) is 10.6. The van der Waals surface area contributed by atoms with Crippen molar-refractivity contribution < 1.29 is 0 Å². The second kappa shape index (κ2) is 14.0. The van der Waals surface area contributed by atoms with Crippen molar-refractivity contribution in [2.45, 2.75) is 19.3 Å². The normalized spacial score (nSPS) is 14.8. The van der Waals surface area contributed by atoms with Crippen LogP contribution < -0.4 is 30.2 Å². The Balaban J connectivity index is 0.966. The Morgan fingerprint density at radius 1 is 0.365 bits per heavy atom. The highest BCUT2D eigenvalue weighted by molar-refractivity contribution is 7.26. The Kier molecular flexibility index (Phi) is 8.15. The second-order valence-corrected chi connectivity index (χ2v) is 19.4. The van der Waals surface area contributed by atoms with Crippen LogP contribution in [0.5, 0.6) is 0 Å². The molecule has 0 saturated carbocycles. The SMILES string of the molecule is CC1(C)c2cc(B3N(c4ccccc4)c4sc5ccccc5c4N3c3ccccc3)ccc2-c2ccc(B3N(c4ccccc4)c4sc5ccccc5c4N3c3ccccc3)cc21. The standard InChI is InChI=1S/C55H40B2N4S2/c1-55(2)47-35-37(56-58(39-19-7-3-8-20-39)51-45-27-15-17-29-49(45)62-53(51)60(56)41-23-11-5-12-24-41)31-33-43(47)44-34-32-38(36-48(44)55)57-59(40-21-9-4-10-22-40)52-46-28-16-18-30-50(46)63-54(52)61(57)42-25-13-6-14-26-42/h3-36H,1-2H3. The van der Waals surface area contributed by atoms with Gasteiger partial charge in [-0.2, -0.15) is 0 Å². The number of rotatable bonds is 6. The van der Waals surface area contributed by atoms with Gasteiger partial charge in [-0.05, 0) is 93.8 Å². The van der Waals surface area contributed by atoms with E-state index in [9.17, 15) is 0 Å². The third-order valence-electron chi connectivity index (χ3n) is 13.5. The zero-order chi connectivity index (χ0) is 41.8. The van der Waals surface area contributed by atoms with E-state index >= 15 is 0 Å². The van der Waals surface area contributed by atoms with Gasteiger partial charge in [-0.25, -0.2) is 0 Å². The molecule has 8 heteroatoms. The van der Waals surface area contributed by atoms with Crippen LogP contribution in [-0.4, -0.2) is 14.0 Å². The van der Waals surface area contributed by atoms with Gasteiger partial charge in [-0.3, -0.25) is 0 Å². The minimum Gasteiger partial charge on any atom is -0.359 e. The zero-order valence-electron chi connectivity index (χ0n) is 34.9. The van der Waals surface area contributed by atoms with Crippen molar-refractivity contribution in [2.75, 3.05) is 19.2 Å². The van der Waals surface area contributed by atoms with Gasteiger partial charge < -0.3 is 19.2 Å². The van der Waals surface area contributed by atoms with E-state index in [1.807, 2.05) is 22.7 Å². The van der Waals surface area contributed by atoms with Crippen molar-refractivity contribution >= 4 is 112 Å². The van der Waals surface area contributed by atoms with Gasteiger partial charge in [0.05, 0.1) is 11.4 Å². The highest BCUT2D eigenvalue weighted by Crippen LogP contribution is 2.57. The number of benzene rings is 8. The number of para-hydroxylation sites is 4. The maximum atomic E-state index is 2.58. The van der Waals surface area contributed by atoms with E-state index in [0.717, 1.165) is 0 Å². The molecular formula is C55H40B2N4S2. The molecule has 0 amide bonds. The summed E-state index contributed by atoms with van der Waals surface area (Å²) < 4.78 is 2.60. The number of hydrogen-bond acceptors (Lipinski definition) is 6. The van der Waals surface area contributed by atoms with Crippen molar-refractivity contribution in [3.05, 3.63) is 217 Å². The first-order chi connectivity index (χ1) is 31.0. The predicted molar refractivity (Wildman–Crippen MR) is 273 cm³/mol. The average Bonchev–Trinajstić information content (AvgIpc) is 4.12. The Bertz CT molecular complexity index is 3150. The van der Waals surface area contributed by atoms with Crippen molar-refractivity contribution in [1.82, 2.24) is 0 Å². The molecule has 2 aliphatic heterocycles. The maximum Gasteiger partial charge on any atom is 0.421 e. The molecule has 4 nitrogen and oxygen atoms in total. The molecule has 0 fully saturated rings. The number of fused-ring (bicyclic) bond motifs is 9. The molecule has 0 bridgehead atoms. The number of hydrogen-bond donors (Lipinski definition) is 0. The lowest BCUT2D eigenvalue weighted by Crippen LogP contribution is -2.53. The molecule has 0 saturated heterocycles. The van der Waals surface area contributed by atoms with E-state index in [1.165, 1.54) is 97.5 Å². The maximum absolute atomic E-state index is 2.58. The Morgan fingerprint density at radius 2 is 0.698 bits per heavy atom. The molecule has 298 valence electrons. The van der Waals surface area contributed by atoms with Gasteiger partial charge in [0, 0.05) is 48.3 Å². The quantitative estimate of drug-likeness (QED) is 0.155. The molecule has 0 radical (unpaired) electrons. The van der Waals surface area contributed by atoms with E-state index in [-0.39, 0.29) is 19.4 Å². The van der Waals surface area contributed by atoms with Crippen LogP contribution >= 0.6 is 22.7 Å². The summed E-state index contributed by atoms with van der Waals surface area (Å²) in [6.07, 6.45) is 0. The lowest BCUT2D eigenvalue weighted by molar-refractivity contribution is 0.661. The minimum absolute atomic E-state index is 0.0905. The van der Waals surface area contributed by atoms with E-state index in [2.05, 4.69) is 239 Å². The Morgan fingerprint density at radius 3 is 1.08 bits per heavy atom. The van der Waals surface area contributed by atoms with E-state index in [0.29, 0.717) is 0 Å². The van der Waals surface area contributed by atoms with Gasteiger partial charge in [0.2, 0.25) is 0 Å². The smallest absolute Gasteiger partial charge is 0.359 e. The van der Waals surface area contributed by atoms with Crippen molar-refractivity contribution in [3.63, 3.8) is 0 Å². The first kappa shape index (κ1) is 36.6. The lowest BCUT2D eigenvalue weighted by Gasteiger charge is -2.32. The van der Waals surface area contributed by atoms with Crippen LogP contribution in [-0.2, 0) is 5.41 Å². The van der Waals surface area contributed by atoms with Crippen LogP contribution in [0.25, 0.3) is 31.3 Å². The summed E-state index contributed by atoms with van der Waals surface area (Å²) in [5.74, 6) is 0. The predicted octanol–water partition coefficient (Wildman–Crippen LogP) is 13.8. The van der Waals surface area contributed by atoms with Crippen LogP contribution in [0.1, 0.15) is 25.0 Å². The molecule has 13 rings (SSSR count). The summed E-state index contributed by atoms with van der Waals surface area (Å²) in [6, 6.07) is 76.2. The Hall–Kier alpha value is -6.99. The Labute approximate surface area is 376 Å². The largest absolute Gasteiger partial charge is 0.421 e. The van der Waals surface area contributed by atoms with Gasteiger partial charge in [0.15, 0.2) is 0 Å². The zero-order valence-corrected chi connectivity index (χ0v) is 36.5. The minimum atomic E-state index is -0.257. The first-order valence-corrected chi connectivity index (χ1v) is 23.4. The third-order valence-corrected chi connectivity index (χ3v) is 15.8. The second-order valence-electron chi connectivity index (χ2n) is 17.3. The molecule has 1 aliphatic carbocycles. The van der Waals surface area contributed by atoms with Gasteiger partial charge in [-0.1, -0.05) is 159 Å². The van der Waals surface area contributed by atoms with Crippen LogP contribution in [0.2, 0.25) is 0 Å². The molecule has 2 aromatic heterocycles. The van der Waals surface area contributed by atoms with Crippen molar-refractivity contribution in [2.24, 2.45) is 0 Å². The number of nitrogens with zero attached hydrogens (tertiary/aromatic N) is 4. The summed E-state index contributed by atoms with van der Waals surface area (Å²) in [5, 5.41) is 5.12. The molecule has 3 aliphatic rings. The summed E-state index contributed by atoms with van der Waals surface area (Å²) in [5.41, 5.74) is 14.9. The van der Waals surface area contributed by atoms with Gasteiger partial charge in [0.25, 0.3) is 0 Å². The molecule has 10 aromatic rings. The van der Waals surface area contributed by atoms with Gasteiger partial charge in [-0.15, -0.1) is 22.7 Å². The molecule has 0 N–H and O–H groups in total. The third kappa shape index (κ3) is 5.41. The molecule has 8 aromatic carbocycles. The number of anilines is 8. The highest BCUT2D eigenvalue weighted by atomic mass is 32.1. The van der Waals surface area contributed by atoms with Crippen LogP contribution in [0.3, 0.4) is 0 Å². The van der Waals surface area contributed by atoms with E-state index in [4.69, 9.17) is 0 Å². The topological polar surface area (TPSA) is 13.0 Å². The van der Waals surface area contributed by atoms with Crippen LogP contribution in [0, 0.1) is 0 Å². The first-order valence-electron chi connectivity index (χ1n) is 21.7. The summed E-state index contributed by atoms with van der Waals surface area (Å²) in [6.45, 7) is 4.67. The number of thiophene rings is 2. The molecule has 63 heavy (non-hydrogen) atoms. The monoisotopic (exact) mass is 842 g/mol. The highest BCUT2D eigenvalue weighted by Gasteiger charge is 2.49. The molecule has 0 atom stereocenters. The van der Waals surface area contributed by atoms with Crippen LogP contribution in [0.15, 0.2) is 206 Å². The lowest BCUT2D eigenvalue weighted by atomic mass is 9.62. The van der Waals surface area contributed by atoms with Crippen molar-refractivity contribution in [3.8, 4) is 11.1 Å². The van der Waals surface area contributed by atoms with Crippen molar-refractivity contribution in [1.29, 1.82) is 0 Å². The van der Waals surface area contributed by atoms with E-state index in [1.54, 1.807) is 0 Å².